The number of carbonyl (C=O) groups is 1. The Kier molecular flexibility index (Phi) is 6.52. The van der Waals surface area contributed by atoms with Crippen molar-refractivity contribution in [3.63, 3.8) is 0 Å². The van der Waals surface area contributed by atoms with Crippen LogP contribution in [0, 0.1) is 0 Å². The Bertz CT molecular complexity index is 690. The van der Waals surface area contributed by atoms with E-state index in [9.17, 15) is 4.79 Å². The quantitative estimate of drug-likeness (QED) is 0.661. The lowest BCUT2D eigenvalue weighted by Gasteiger charge is -2.35. The van der Waals surface area contributed by atoms with Crippen LogP contribution in [0.25, 0.3) is 5.70 Å². The van der Waals surface area contributed by atoms with Gasteiger partial charge in [-0.1, -0.05) is 48.7 Å². The normalized spacial score (nSPS) is 14.2. The molecule has 0 radical (unpaired) electrons. The first kappa shape index (κ1) is 20.2. The second-order valence-corrected chi connectivity index (χ2v) is 8.01. The van der Waals surface area contributed by atoms with Crippen molar-refractivity contribution < 1.29 is 14.3 Å². The number of methoxy groups -OCH3 is 2. The van der Waals surface area contributed by atoms with Gasteiger partial charge in [0.15, 0.2) is 11.5 Å². The lowest BCUT2D eigenvalue weighted by Crippen LogP contribution is -2.42. The fourth-order valence-electron chi connectivity index (χ4n) is 3.16. The van der Waals surface area contributed by atoms with Gasteiger partial charge in [0.1, 0.15) is 0 Å². The van der Waals surface area contributed by atoms with Crippen molar-refractivity contribution in [3.05, 3.63) is 28.8 Å². The Labute approximate surface area is 163 Å². The van der Waals surface area contributed by atoms with Gasteiger partial charge in [-0.3, -0.25) is 4.79 Å². The summed E-state index contributed by atoms with van der Waals surface area (Å²) in [7, 11) is 3.19. The van der Waals surface area contributed by atoms with E-state index in [0.717, 1.165) is 35.2 Å². The van der Waals surface area contributed by atoms with E-state index < -0.39 is 9.70 Å². The molecule has 1 aliphatic heterocycles. The highest BCUT2D eigenvalue weighted by Crippen LogP contribution is 2.42. The first-order chi connectivity index (χ1) is 11.8. The third kappa shape index (κ3) is 4.02. The largest absolute Gasteiger partial charge is 0.493 e. The van der Waals surface area contributed by atoms with E-state index in [2.05, 4.69) is 13.8 Å². The highest BCUT2D eigenvalue weighted by atomic mass is 35.6. The number of hydrogen-bond donors (Lipinski definition) is 0. The standard InChI is InChI=1S/C18H22Cl3NO3/c1-5-11(6-2)16-13-10-15(25-4)14(24-3)9-12(13)7-8-22(16)17(23)18(19,20)21/h9-10H,5-8H2,1-4H3. The summed E-state index contributed by atoms with van der Waals surface area (Å²) in [5.41, 5.74) is 3.94. The molecule has 0 aliphatic carbocycles. The van der Waals surface area contributed by atoms with Crippen LogP contribution in [-0.2, 0) is 11.2 Å². The number of carbonyl (C=O) groups excluding carboxylic acids is 1. The Balaban J connectivity index is 2.69. The van der Waals surface area contributed by atoms with Gasteiger partial charge in [0.2, 0.25) is 0 Å². The van der Waals surface area contributed by atoms with E-state index >= 15 is 0 Å². The van der Waals surface area contributed by atoms with Crippen molar-refractivity contribution in [1.29, 1.82) is 0 Å². The molecule has 0 unspecified atom stereocenters. The zero-order valence-electron chi connectivity index (χ0n) is 14.8. The lowest BCUT2D eigenvalue weighted by atomic mass is 9.91. The third-order valence-corrected chi connectivity index (χ3v) is 4.90. The second-order valence-electron chi connectivity index (χ2n) is 5.73. The number of nitrogens with zero attached hydrogens (tertiary/aromatic N) is 1. The van der Waals surface area contributed by atoms with Crippen LogP contribution >= 0.6 is 34.8 Å². The van der Waals surface area contributed by atoms with Gasteiger partial charge >= 0.3 is 0 Å². The highest BCUT2D eigenvalue weighted by molar-refractivity contribution is 6.76. The van der Waals surface area contributed by atoms with Crippen LogP contribution in [-0.4, -0.2) is 35.4 Å². The van der Waals surface area contributed by atoms with Crippen molar-refractivity contribution in [3.8, 4) is 11.5 Å². The molecular formula is C18H22Cl3NO3. The molecule has 7 heteroatoms. The molecule has 0 saturated heterocycles. The molecule has 1 aromatic carbocycles. The molecular weight excluding hydrogens is 385 g/mol. The summed E-state index contributed by atoms with van der Waals surface area (Å²) >= 11 is 17.6. The monoisotopic (exact) mass is 405 g/mol. The van der Waals surface area contributed by atoms with Crippen molar-refractivity contribution in [2.45, 2.75) is 36.9 Å². The smallest absolute Gasteiger partial charge is 0.279 e. The Morgan fingerprint density at radius 1 is 1.12 bits per heavy atom. The van der Waals surface area contributed by atoms with E-state index in [4.69, 9.17) is 44.3 Å². The maximum atomic E-state index is 12.7. The number of alkyl halides is 3. The molecule has 0 bridgehead atoms. The average molecular weight is 407 g/mol. The van der Waals surface area contributed by atoms with Crippen LogP contribution in [0.3, 0.4) is 0 Å². The van der Waals surface area contributed by atoms with Crippen LogP contribution < -0.4 is 9.47 Å². The molecule has 0 spiro atoms. The molecule has 1 aromatic rings. The van der Waals surface area contributed by atoms with E-state index in [1.807, 2.05) is 12.1 Å². The first-order valence-corrected chi connectivity index (χ1v) is 9.27. The predicted octanol–water partition coefficient (Wildman–Crippen LogP) is 4.99. The second kappa shape index (κ2) is 8.07. The molecule has 1 heterocycles. The highest BCUT2D eigenvalue weighted by Gasteiger charge is 2.39. The summed E-state index contributed by atoms with van der Waals surface area (Å²) in [6, 6.07) is 3.85. The van der Waals surface area contributed by atoms with Gasteiger partial charge in [0.05, 0.1) is 19.9 Å². The number of rotatable bonds is 4. The zero-order valence-corrected chi connectivity index (χ0v) is 17.1. The van der Waals surface area contributed by atoms with Crippen LogP contribution in [0.15, 0.2) is 17.7 Å². The molecule has 0 fully saturated rings. The number of allylic oxidation sites excluding steroid dienone is 1. The molecule has 0 atom stereocenters. The van der Waals surface area contributed by atoms with Crippen molar-refractivity contribution >= 4 is 46.4 Å². The molecule has 0 N–H and O–H groups in total. The predicted molar refractivity (Wildman–Crippen MR) is 103 cm³/mol. The van der Waals surface area contributed by atoms with E-state index in [-0.39, 0.29) is 0 Å². The minimum atomic E-state index is -1.99. The van der Waals surface area contributed by atoms with Gasteiger partial charge in [-0.25, -0.2) is 0 Å². The number of hydrogen-bond acceptors (Lipinski definition) is 3. The van der Waals surface area contributed by atoms with E-state index in [0.29, 0.717) is 24.5 Å². The number of fused-ring (bicyclic) bond motifs is 1. The topological polar surface area (TPSA) is 38.8 Å². The number of amides is 1. The molecule has 0 aromatic heterocycles. The average Bonchev–Trinajstić information content (AvgIpc) is 2.60. The summed E-state index contributed by atoms with van der Waals surface area (Å²) in [5, 5.41) is 0. The molecule has 1 amide bonds. The lowest BCUT2D eigenvalue weighted by molar-refractivity contribution is -0.127. The Morgan fingerprint density at radius 2 is 1.68 bits per heavy atom. The fourth-order valence-corrected chi connectivity index (χ4v) is 3.47. The fraction of sp³-hybridized carbons (Fsp3) is 0.500. The van der Waals surface area contributed by atoms with Crippen molar-refractivity contribution in [1.82, 2.24) is 4.90 Å². The number of benzene rings is 1. The maximum Gasteiger partial charge on any atom is 0.279 e. The minimum absolute atomic E-state index is 0.452. The Morgan fingerprint density at radius 3 is 2.16 bits per heavy atom. The van der Waals surface area contributed by atoms with Crippen LogP contribution in [0.1, 0.15) is 37.8 Å². The molecule has 1 aliphatic rings. The summed E-state index contributed by atoms with van der Waals surface area (Å²) in [5.74, 6) is 0.733. The van der Waals surface area contributed by atoms with Gasteiger partial charge < -0.3 is 14.4 Å². The maximum absolute atomic E-state index is 12.7. The first-order valence-electron chi connectivity index (χ1n) is 8.14. The third-order valence-electron chi connectivity index (χ3n) is 4.42. The summed E-state index contributed by atoms with van der Waals surface area (Å²) in [6.07, 6.45) is 2.24. The van der Waals surface area contributed by atoms with Gasteiger partial charge in [-0.15, -0.1) is 0 Å². The minimum Gasteiger partial charge on any atom is -0.493 e. The van der Waals surface area contributed by atoms with Gasteiger partial charge in [0, 0.05) is 12.1 Å². The number of ether oxygens (including phenoxy) is 2. The summed E-state index contributed by atoms with van der Waals surface area (Å²) in [4.78, 5) is 14.3. The van der Waals surface area contributed by atoms with Gasteiger partial charge in [-0.05, 0) is 42.5 Å². The molecule has 4 nitrogen and oxygen atoms in total. The molecule has 138 valence electrons. The zero-order chi connectivity index (χ0) is 18.8. The van der Waals surface area contributed by atoms with Crippen molar-refractivity contribution in [2.24, 2.45) is 0 Å². The molecule has 2 rings (SSSR count). The van der Waals surface area contributed by atoms with Crippen molar-refractivity contribution in [2.75, 3.05) is 20.8 Å². The summed E-state index contributed by atoms with van der Waals surface area (Å²) in [6.45, 7) is 4.56. The van der Waals surface area contributed by atoms with Gasteiger partial charge in [-0.2, -0.15) is 0 Å². The molecule has 0 saturated carbocycles. The SMILES string of the molecule is CCC(CC)=C1c2cc(OC)c(OC)cc2CCN1C(=O)C(Cl)(Cl)Cl. The van der Waals surface area contributed by atoms with Gasteiger partial charge in [0.25, 0.3) is 9.70 Å². The summed E-state index contributed by atoms with van der Waals surface area (Å²) < 4.78 is 8.83. The van der Waals surface area contributed by atoms with Crippen LogP contribution in [0.5, 0.6) is 11.5 Å². The van der Waals surface area contributed by atoms with Crippen LogP contribution in [0.4, 0.5) is 0 Å². The van der Waals surface area contributed by atoms with E-state index in [1.54, 1.807) is 19.1 Å². The Hall–Kier alpha value is -1.10. The number of halogens is 3. The molecule has 25 heavy (non-hydrogen) atoms. The van der Waals surface area contributed by atoms with Crippen LogP contribution in [0.2, 0.25) is 0 Å². The van der Waals surface area contributed by atoms with E-state index in [1.165, 1.54) is 0 Å².